The van der Waals surface area contributed by atoms with Gasteiger partial charge in [0.15, 0.2) is 6.04 Å². The molecule has 0 radical (unpaired) electrons. The van der Waals surface area contributed by atoms with Crippen LogP contribution in [0.15, 0.2) is 42.5 Å². The lowest BCUT2D eigenvalue weighted by Crippen LogP contribution is -2.21. The first kappa shape index (κ1) is 14.3. The summed E-state index contributed by atoms with van der Waals surface area (Å²) in [5, 5.41) is 12.3. The summed E-state index contributed by atoms with van der Waals surface area (Å²) in [6.45, 7) is 1.89. The van der Waals surface area contributed by atoms with Crippen molar-refractivity contribution in [1.29, 1.82) is 0 Å². The Balaban J connectivity index is 2.34. The molecule has 3 nitrogen and oxygen atoms in total. The minimum Gasteiger partial charge on any atom is -0.479 e. The molecule has 104 valence electrons. The third kappa shape index (κ3) is 3.27. The van der Waals surface area contributed by atoms with Crippen LogP contribution in [0.1, 0.15) is 17.2 Å². The zero-order valence-electron chi connectivity index (χ0n) is 10.7. The number of carboxylic acids is 1. The Morgan fingerprint density at radius 3 is 2.65 bits per heavy atom. The fourth-order valence-electron chi connectivity index (χ4n) is 1.91. The molecule has 1 atom stereocenters. The van der Waals surface area contributed by atoms with Crippen LogP contribution in [0.2, 0.25) is 5.02 Å². The van der Waals surface area contributed by atoms with E-state index in [1.54, 1.807) is 18.2 Å². The van der Waals surface area contributed by atoms with E-state index < -0.39 is 17.8 Å². The van der Waals surface area contributed by atoms with E-state index in [-0.39, 0.29) is 10.6 Å². The van der Waals surface area contributed by atoms with Crippen LogP contribution >= 0.6 is 11.6 Å². The van der Waals surface area contributed by atoms with E-state index in [9.17, 15) is 14.3 Å². The second kappa shape index (κ2) is 5.92. The van der Waals surface area contributed by atoms with Gasteiger partial charge in [0.05, 0.1) is 0 Å². The van der Waals surface area contributed by atoms with Gasteiger partial charge in [-0.1, -0.05) is 29.8 Å². The predicted molar refractivity (Wildman–Crippen MR) is 76.6 cm³/mol. The second-order valence-electron chi connectivity index (χ2n) is 4.45. The Kier molecular flexibility index (Phi) is 4.25. The highest BCUT2D eigenvalue weighted by molar-refractivity contribution is 6.30. The maximum Gasteiger partial charge on any atom is 0.330 e. The van der Waals surface area contributed by atoms with Gasteiger partial charge in [-0.15, -0.1) is 0 Å². The van der Waals surface area contributed by atoms with E-state index >= 15 is 0 Å². The molecule has 0 aromatic heterocycles. The van der Waals surface area contributed by atoms with Gasteiger partial charge in [-0.3, -0.25) is 0 Å². The van der Waals surface area contributed by atoms with Crippen LogP contribution in [0.5, 0.6) is 0 Å². The third-order valence-electron chi connectivity index (χ3n) is 2.85. The van der Waals surface area contributed by atoms with Crippen molar-refractivity contribution in [2.24, 2.45) is 0 Å². The van der Waals surface area contributed by atoms with E-state index in [1.807, 2.05) is 13.0 Å². The van der Waals surface area contributed by atoms with E-state index in [4.69, 9.17) is 11.6 Å². The summed E-state index contributed by atoms with van der Waals surface area (Å²) in [7, 11) is 0. The lowest BCUT2D eigenvalue weighted by atomic mass is 10.1. The number of benzene rings is 2. The highest BCUT2D eigenvalue weighted by Gasteiger charge is 2.23. The summed E-state index contributed by atoms with van der Waals surface area (Å²) in [6.07, 6.45) is 0. The maximum absolute atomic E-state index is 13.9. The number of rotatable bonds is 4. The van der Waals surface area contributed by atoms with Crippen molar-refractivity contribution >= 4 is 23.3 Å². The Morgan fingerprint density at radius 2 is 2.05 bits per heavy atom. The van der Waals surface area contributed by atoms with E-state index in [1.165, 1.54) is 12.1 Å². The number of anilines is 1. The number of carboxylic acid groups (broad SMARTS) is 1. The van der Waals surface area contributed by atoms with E-state index in [0.717, 1.165) is 11.6 Å². The summed E-state index contributed by atoms with van der Waals surface area (Å²) in [5.41, 5.74) is 1.64. The van der Waals surface area contributed by atoms with Gasteiger partial charge >= 0.3 is 5.97 Å². The smallest absolute Gasteiger partial charge is 0.330 e. The molecule has 0 aliphatic carbocycles. The molecule has 0 saturated carbocycles. The van der Waals surface area contributed by atoms with Crippen LogP contribution in [0.3, 0.4) is 0 Å². The van der Waals surface area contributed by atoms with Crippen molar-refractivity contribution in [3.63, 3.8) is 0 Å². The molecule has 2 N–H and O–H groups in total. The van der Waals surface area contributed by atoms with Gasteiger partial charge in [0.1, 0.15) is 5.82 Å². The molecule has 0 amide bonds. The van der Waals surface area contributed by atoms with Crippen LogP contribution in [-0.2, 0) is 4.79 Å². The Bertz CT molecular complexity index is 646. The van der Waals surface area contributed by atoms with Crippen molar-refractivity contribution in [3.05, 3.63) is 64.4 Å². The van der Waals surface area contributed by atoms with Crippen LogP contribution in [-0.4, -0.2) is 11.1 Å². The van der Waals surface area contributed by atoms with Gasteiger partial charge in [-0.2, -0.15) is 0 Å². The average Bonchev–Trinajstić information content (AvgIpc) is 2.36. The molecule has 2 aromatic carbocycles. The fourth-order valence-corrected chi connectivity index (χ4v) is 2.07. The number of aryl methyl sites for hydroxylation is 1. The highest BCUT2D eigenvalue weighted by Crippen LogP contribution is 2.25. The molecule has 0 fully saturated rings. The monoisotopic (exact) mass is 293 g/mol. The molecule has 0 aliphatic heterocycles. The minimum absolute atomic E-state index is 0.0448. The van der Waals surface area contributed by atoms with Crippen LogP contribution in [0, 0.1) is 12.7 Å². The summed E-state index contributed by atoms with van der Waals surface area (Å²) < 4.78 is 13.9. The zero-order valence-corrected chi connectivity index (χ0v) is 11.5. The molecule has 2 aromatic rings. The molecule has 0 heterocycles. The quantitative estimate of drug-likeness (QED) is 0.895. The fraction of sp³-hybridized carbons (Fsp3) is 0.133. The molecular weight excluding hydrogens is 281 g/mol. The van der Waals surface area contributed by atoms with Crippen molar-refractivity contribution in [1.82, 2.24) is 0 Å². The summed E-state index contributed by atoms with van der Waals surface area (Å²) in [4.78, 5) is 11.4. The van der Waals surface area contributed by atoms with Gasteiger partial charge < -0.3 is 10.4 Å². The normalized spacial score (nSPS) is 11.9. The molecule has 0 spiro atoms. The van der Waals surface area contributed by atoms with Gasteiger partial charge in [0.25, 0.3) is 0 Å². The molecule has 0 aliphatic rings. The van der Waals surface area contributed by atoms with Gasteiger partial charge in [-0.25, -0.2) is 9.18 Å². The van der Waals surface area contributed by atoms with Gasteiger partial charge in [0.2, 0.25) is 0 Å². The Hall–Kier alpha value is -2.07. The highest BCUT2D eigenvalue weighted by atomic mass is 35.5. The van der Waals surface area contributed by atoms with E-state index in [0.29, 0.717) is 5.69 Å². The lowest BCUT2D eigenvalue weighted by molar-refractivity contribution is -0.138. The topological polar surface area (TPSA) is 49.3 Å². The SMILES string of the molecule is Cc1cccc(NC(C(=O)O)c2ccc(Cl)cc2F)c1. The standard InChI is InChI=1S/C15H13ClFNO2/c1-9-3-2-4-11(7-9)18-14(15(19)20)12-6-5-10(16)8-13(12)17/h2-8,14,18H,1H3,(H,19,20). The van der Waals surface area contributed by atoms with Gasteiger partial charge in [-0.05, 0) is 36.8 Å². The van der Waals surface area contributed by atoms with Crippen LogP contribution in [0.4, 0.5) is 10.1 Å². The van der Waals surface area contributed by atoms with Crippen molar-refractivity contribution in [2.45, 2.75) is 13.0 Å². The lowest BCUT2D eigenvalue weighted by Gasteiger charge is -2.17. The Morgan fingerprint density at radius 1 is 1.30 bits per heavy atom. The number of hydrogen-bond donors (Lipinski definition) is 2. The maximum atomic E-state index is 13.9. The molecule has 0 saturated heterocycles. The first-order valence-electron chi connectivity index (χ1n) is 5.98. The summed E-state index contributed by atoms with van der Waals surface area (Å²) >= 11 is 5.67. The number of aliphatic carboxylic acids is 1. The Labute approximate surface area is 121 Å². The first-order valence-corrected chi connectivity index (χ1v) is 6.36. The number of carbonyl (C=O) groups is 1. The third-order valence-corrected chi connectivity index (χ3v) is 3.08. The van der Waals surface area contributed by atoms with E-state index in [2.05, 4.69) is 5.32 Å². The second-order valence-corrected chi connectivity index (χ2v) is 4.89. The zero-order chi connectivity index (χ0) is 14.7. The van der Waals surface area contributed by atoms with Crippen LogP contribution in [0.25, 0.3) is 0 Å². The van der Waals surface area contributed by atoms with Crippen molar-refractivity contribution < 1.29 is 14.3 Å². The molecule has 1 unspecified atom stereocenters. The number of hydrogen-bond acceptors (Lipinski definition) is 2. The summed E-state index contributed by atoms with van der Waals surface area (Å²) in [5.74, 6) is -1.81. The predicted octanol–water partition coefficient (Wildman–Crippen LogP) is 4.03. The molecule has 2 rings (SSSR count). The minimum atomic E-state index is -1.17. The van der Waals surface area contributed by atoms with Crippen molar-refractivity contribution in [3.8, 4) is 0 Å². The number of halogens is 2. The molecular formula is C15H13ClFNO2. The summed E-state index contributed by atoms with van der Waals surface area (Å²) in [6, 6.07) is 9.99. The van der Waals surface area contributed by atoms with Crippen molar-refractivity contribution in [2.75, 3.05) is 5.32 Å². The molecule has 0 bridgehead atoms. The average molecular weight is 294 g/mol. The number of nitrogens with one attached hydrogen (secondary N) is 1. The molecule has 20 heavy (non-hydrogen) atoms. The molecule has 5 heteroatoms. The van der Waals surface area contributed by atoms with Gasteiger partial charge in [0, 0.05) is 16.3 Å². The van der Waals surface area contributed by atoms with Crippen LogP contribution < -0.4 is 5.32 Å². The largest absolute Gasteiger partial charge is 0.479 e. The first-order chi connectivity index (χ1) is 9.47.